The van der Waals surface area contributed by atoms with Crippen LogP contribution in [0.2, 0.25) is 10.0 Å². The number of hydrogen-bond acceptors (Lipinski definition) is 3. The fraction of sp³-hybridized carbons (Fsp3) is 0.118. The molecule has 2 aromatic carbocycles. The van der Waals surface area contributed by atoms with E-state index < -0.39 is 5.97 Å². The molecular formula is C17H12Cl2O3. The number of esters is 1. The van der Waals surface area contributed by atoms with Crippen molar-refractivity contribution < 1.29 is 13.9 Å². The van der Waals surface area contributed by atoms with Crippen LogP contribution in [0.15, 0.2) is 40.8 Å². The van der Waals surface area contributed by atoms with E-state index in [0.717, 1.165) is 10.9 Å². The highest BCUT2D eigenvalue weighted by Gasteiger charge is 2.20. The summed E-state index contributed by atoms with van der Waals surface area (Å²) in [6.45, 7) is 3.68. The van der Waals surface area contributed by atoms with Gasteiger partial charge in [0.2, 0.25) is 5.76 Å². The Morgan fingerprint density at radius 3 is 2.64 bits per heavy atom. The zero-order valence-electron chi connectivity index (χ0n) is 11.9. The third-order valence-electron chi connectivity index (χ3n) is 3.37. The van der Waals surface area contributed by atoms with Crippen molar-refractivity contribution in [1.82, 2.24) is 0 Å². The van der Waals surface area contributed by atoms with Crippen molar-refractivity contribution in [3.63, 3.8) is 0 Å². The Hall–Kier alpha value is -1.97. The maximum absolute atomic E-state index is 12.3. The molecular weight excluding hydrogens is 323 g/mol. The van der Waals surface area contributed by atoms with Crippen LogP contribution in [0.1, 0.15) is 21.7 Å². The van der Waals surface area contributed by atoms with E-state index in [4.69, 9.17) is 32.4 Å². The van der Waals surface area contributed by atoms with Gasteiger partial charge in [-0.1, -0.05) is 29.3 Å². The number of aryl methyl sites for hydroxylation is 2. The van der Waals surface area contributed by atoms with E-state index in [9.17, 15) is 4.79 Å². The Labute approximate surface area is 137 Å². The molecule has 0 aliphatic carbocycles. The van der Waals surface area contributed by atoms with Crippen LogP contribution in [0.5, 0.6) is 5.75 Å². The van der Waals surface area contributed by atoms with E-state index >= 15 is 0 Å². The topological polar surface area (TPSA) is 39.4 Å². The lowest BCUT2D eigenvalue weighted by atomic mass is 10.1. The standard InChI is InChI=1S/C17H12Cl2O3/c1-9-3-5-13(19)15(7-9)22-17(20)16-10(2)12-8-11(18)4-6-14(12)21-16/h3-8H,1-2H3. The molecule has 0 atom stereocenters. The molecule has 0 aliphatic rings. The van der Waals surface area contributed by atoms with Gasteiger partial charge in [0, 0.05) is 16.0 Å². The van der Waals surface area contributed by atoms with Crippen molar-refractivity contribution in [2.45, 2.75) is 13.8 Å². The van der Waals surface area contributed by atoms with Gasteiger partial charge in [-0.15, -0.1) is 0 Å². The van der Waals surface area contributed by atoms with Crippen LogP contribution < -0.4 is 4.74 Å². The van der Waals surface area contributed by atoms with Crippen molar-refractivity contribution in [1.29, 1.82) is 0 Å². The second-order valence-corrected chi connectivity index (χ2v) is 5.86. The minimum absolute atomic E-state index is 0.148. The average molecular weight is 335 g/mol. The normalized spacial score (nSPS) is 10.9. The van der Waals surface area contributed by atoms with Gasteiger partial charge in [0.05, 0.1) is 5.02 Å². The van der Waals surface area contributed by atoms with Gasteiger partial charge < -0.3 is 9.15 Å². The van der Waals surface area contributed by atoms with E-state index in [2.05, 4.69) is 0 Å². The molecule has 0 saturated heterocycles. The zero-order valence-corrected chi connectivity index (χ0v) is 13.5. The van der Waals surface area contributed by atoms with Crippen LogP contribution in [0.4, 0.5) is 0 Å². The summed E-state index contributed by atoms with van der Waals surface area (Å²) in [6, 6.07) is 10.4. The maximum atomic E-state index is 12.3. The molecule has 0 saturated carbocycles. The van der Waals surface area contributed by atoms with Gasteiger partial charge in [0.25, 0.3) is 0 Å². The fourth-order valence-corrected chi connectivity index (χ4v) is 2.55. The maximum Gasteiger partial charge on any atom is 0.379 e. The third kappa shape index (κ3) is 2.70. The van der Waals surface area contributed by atoms with E-state index in [1.807, 2.05) is 13.0 Å². The molecule has 1 heterocycles. The molecule has 3 rings (SSSR count). The van der Waals surface area contributed by atoms with Crippen molar-refractivity contribution >= 4 is 40.1 Å². The van der Waals surface area contributed by atoms with Gasteiger partial charge in [0.1, 0.15) is 11.3 Å². The summed E-state index contributed by atoms with van der Waals surface area (Å²) in [5.41, 5.74) is 2.22. The molecule has 22 heavy (non-hydrogen) atoms. The Kier molecular flexibility index (Phi) is 3.85. The first-order chi connectivity index (χ1) is 10.5. The summed E-state index contributed by atoms with van der Waals surface area (Å²) in [4.78, 5) is 12.3. The summed E-state index contributed by atoms with van der Waals surface area (Å²) in [5.74, 6) is -0.128. The lowest BCUT2D eigenvalue weighted by Gasteiger charge is -2.06. The van der Waals surface area contributed by atoms with Gasteiger partial charge in [-0.25, -0.2) is 4.79 Å². The molecule has 3 nitrogen and oxygen atoms in total. The van der Waals surface area contributed by atoms with Crippen molar-refractivity contribution in [3.8, 4) is 5.75 Å². The number of rotatable bonds is 2. The summed E-state index contributed by atoms with van der Waals surface area (Å²) in [5, 5.41) is 1.74. The molecule has 0 unspecified atom stereocenters. The molecule has 5 heteroatoms. The van der Waals surface area contributed by atoms with Crippen molar-refractivity contribution in [3.05, 3.63) is 63.3 Å². The Balaban J connectivity index is 1.99. The minimum atomic E-state index is -0.586. The Bertz CT molecular complexity index is 881. The molecule has 112 valence electrons. The molecule has 0 fully saturated rings. The first-order valence-corrected chi connectivity index (χ1v) is 7.38. The fourth-order valence-electron chi connectivity index (χ4n) is 2.22. The molecule has 0 aliphatic heterocycles. The Morgan fingerprint density at radius 2 is 1.86 bits per heavy atom. The van der Waals surface area contributed by atoms with Crippen LogP contribution in [0.3, 0.4) is 0 Å². The number of carbonyl (C=O) groups is 1. The van der Waals surface area contributed by atoms with Gasteiger partial charge in [0.15, 0.2) is 0 Å². The molecule has 0 bridgehead atoms. The first-order valence-electron chi connectivity index (χ1n) is 6.62. The highest BCUT2D eigenvalue weighted by Crippen LogP contribution is 2.30. The van der Waals surface area contributed by atoms with E-state index in [0.29, 0.717) is 26.9 Å². The van der Waals surface area contributed by atoms with Crippen LogP contribution in [0.25, 0.3) is 11.0 Å². The molecule has 0 N–H and O–H groups in total. The molecule has 0 amide bonds. The van der Waals surface area contributed by atoms with Gasteiger partial charge in [-0.05, 0) is 49.7 Å². The van der Waals surface area contributed by atoms with E-state index in [1.54, 1.807) is 37.3 Å². The summed E-state index contributed by atoms with van der Waals surface area (Å²) in [6.07, 6.45) is 0. The number of halogens is 2. The first kappa shape index (κ1) is 14.9. The lowest BCUT2D eigenvalue weighted by molar-refractivity contribution is 0.0703. The number of hydrogen-bond donors (Lipinski definition) is 0. The number of ether oxygens (including phenoxy) is 1. The number of furan rings is 1. The number of carbonyl (C=O) groups excluding carboxylic acids is 1. The predicted molar refractivity (Wildman–Crippen MR) is 87.1 cm³/mol. The summed E-state index contributed by atoms with van der Waals surface area (Å²) >= 11 is 12.0. The van der Waals surface area contributed by atoms with Crippen molar-refractivity contribution in [2.24, 2.45) is 0 Å². The van der Waals surface area contributed by atoms with Crippen LogP contribution >= 0.6 is 23.2 Å². The van der Waals surface area contributed by atoms with Crippen molar-refractivity contribution in [2.75, 3.05) is 0 Å². The summed E-state index contributed by atoms with van der Waals surface area (Å²) in [7, 11) is 0. The minimum Gasteiger partial charge on any atom is -0.449 e. The van der Waals surface area contributed by atoms with Gasteiger partial charge in [-0.2, -0.15) is 0 Å². The predicted octanol–water partition coefficient (Wildman–Crippen LogP) is 5.58. The highest BCUT2D eigenvalue weighted by atomic mass is 35.5. The highest BCUT2D eigenvalue weighted by molar-refractivity contribution is 6.32. The molecule has 1 aromatic heterocycles. The smallest absolute Gasteiger partial charge is 0.379 e. The number of benzene rings is 2. The second kappa shape index (κ2) is 5.67. The molecule has 0 spiro atoms. The van der Waals surface area contributed by atoms with Crippen LogP contribution in [-0.2, 0) is 0 Å². The van der Waals surface area contributed by atoms with Crippen LogP contribution in [-0.4, -0.2) is 5.97 Å². The SMILES string of the molecule is Cc1ccc(Cl)c(OC(=O)c2oc3ccc(Cl)cc3c2C)c1. The largest absolute Gasteiger partial charge is 0.449 e. The van der Waals surface area contributed by atoms with E-state index in [1.165, 1.54) is 0 Å². The lowest BCUT2D eigenvalue weighted by Crippen LogP contribution is -2.09. The third-order valence-corrected chi connectivity index (χ3v) is 3.92. The summed E-state index contributed by atoms with van der Waals surface area (Å²) < 4.78 is 10.9. The zero-order chi connectivity index (χ0) is 15.9. The molecule has 0 radical (unpaired) electrons. The van der Waals surface area contributed by atoms with Crippen LogP contribution in [0, 0.1) is 13.8 Å². The monoisotopic (exact) mass is 334 g/mol. The second-order valence-electron chi connectivity index (χ2n) is 5.02. The van der Waals surface area contributed by atoms with Gasteiger partial charge >= 0.3 is 5.97 Å². The Morgan fingerprint density at radius 1 is 1.09 bits per heavy atom. The van der Waals surface area contributed by atoms with E-state index in [-0.39, 0.29) is 5.76 Å². The molecule has 3 aromatic rings. The number of fused-ring (bicyclic) bond motifs is 1. The van der Waals surface area contributed by atoms with Gasteiger partial charge in [-0.3, -0.25) is 0 Å². The quantitative estimate of drug-likeness (QED) is 0.454. The average Bonchev–Trinajstić information content (AvgIpc) is 2.80.